The fourth-order valence-corrected chi connectivity index (χ4v) is 3.09. The molecule has 0 aromatic heterocycles. The van der Waals surface area contributed by atoms with Crippen molar-refractivity contribution >= 4 is 21.5 Å². The van der Waals surface area contributed by atoms with Crippen LogP contribution in [0.4, 0.5) is 5.69 Å². The lowest BCUT2D eigenvalue weighted by Gasteiger charge is -2.30. The van der Waals surface area contributed by atoms with Crippen LogP contribution in [0, 0.1) is 0 Å². The minimum atomic E-state index is -3.34. The Bertz CT molecular complexity index is 566. The summed E-state index contributed by atoms with van der Waals surface area (Å²) in [5, 5.41) is 8.82. The van der Waals surface area contributed by atoms with Crippen molar-refractivity contribution in [1.29, 1.82) is 0 Å². The van der Waals surface area contributed by atoms with Gasteiger partial charge in [-0.15, -0.1) is 0 Å². The molecule has 0 amide bonds. The Hall–Kier alpha value is -1.56. The molecular formula is C14H21NO4S. The average Bonchev–Trinajstić information content (AvgIpc) is 2.38. The van der Waals surface area contributed by atoms with Crippen molar-refractivity contribution in [3.8, 4) is 0 Å². The van der Waals surface area contributed by atoms with Gasteiger partial charge < -0.3 is 10.0 Å². The average molecular weight is 299 g/mol. The van der Waals surface area contributed by atoms with Gasteiger partial charge in [0.2, 0.25) is 0 Å². The maximum atomic E-state index is 12.1. The van der Waals surface area contributed by atoms with Crippen LogP contribution in [0.5, 0.6) is 0 Å². The van der Waals surface area contributed by atoms with Crippen molar-refractivity contribution in [3.63, 3.8) is 0 Å². The van der Waals surface area contributed by atoms with Gasteiger partial charge >= 0.3 is 5.97 Å². The summed E-state index contributed by atoms with van der Waals surface area (Å²) < 4.78 is 24.3. The first-order valence-electron chi connectivity index (χ1n) is 6.59. The summed E-state index contributed by atoms with van der Waals surface area (Å²) in [7, 11) is -3.34. The molecule has 0 unspecified atom stereocenters. The highest BCUT2D eigenvalue weighted by molar-refractivity contribution is 7.91. The van der Waals surface area contributed by atoms with Gasteiger partial charge in [0.05, 0.1) is 22.8 Å². The Labute approximate surface area is 120 Å². The topological polar surface area (TPSA) is 74.7 Å². The van der Waals surface area contributed by atoms with Gasteiger partial charge in [-0.25, -0.2) is 8.42 Å². The van der Waals surface area contributed by atoms with E-state index in [0.717, 1.165) is 0 Å². The van der Waals surface area contributed by atoms with Crippen molar-refractivity contribution in [2.75, 3.05) is 17.2 Å². The van der Waals surface area contributed by atoms with Crippen LogP contribution in [0.2, 0.25) is 0 Å². The molecule has 1 aromatic rings. The van der Waals surface area contributed by atoms with E-state index in [1.54, 1.807) is 31.2 Å². The zero-order valence-electron chi connectivity index (χ0n) is 12.0. The zero-order valence-corrected chi connectivity index (χ0v) is 12.9. The van der Waals surface area contributed by atoms with Gasteiger partial charge in [0.25, 0.3) is 0 Å². The first-order chi connectivity index (χ1) is 9.29. The van der Waals surface area contributed by atoms with E-state index in [9.17, 15) is 13.2 Å². The molecule has 0 saturated heterocycles. The van der Waals surface area contributed by atoms with Crippen molar-refractivity contribution in [2.45, 2.75) is 38.1 Å². The van der Waals surface area contributed by atoms with Crippen LogP contribution in [-0.4, -0.2) is 37.8 Å². The second-order valence-electron chi connectivity index (χ2n) is 4.80. The van der Waals surface area contributed by atoms with Gasteiger partial charge in [0.1, 0.15) is 0 Å². The molecule has 0 aliphatic heterocycles. The summed E-state index contributed by atoms with van der Waals surface area (Å²) in [6.45, 7) is 5.71. The highest BCUT2D eigenvalue weighted by atomic mass is 32.2. The third-order valence-electron chi connectivity index (χ3n) is 3.08. The molecule has 0 fully saturated rings. The van der Waals surface area contributed by atoms with Crippen molar-refractivity contribution in [2.24, 2.45) is 0 Å². The van der Waals surface area contributed by atoms with Crippen molar-refractivity contribution < 1.29 is 18.3 Å². The number of rotatable bonds is 7. The number of carboxylic acid groups (broad SMARTS) is 1. The second-order valence-corrected chi connectivity index (χ2v) is 7.05. The van der Waals surface area contributed by atoms with Crippen molar-refractivity contribution in [3.05, 3.63) is 24.3 Å². The number of anilines is 1. The molecule has 0 aliphatic carbocycles. The molecule has 0 saturated carbocycles. The normalized spacial score (nSPS) is 11.6. The molecule has 0 aliphatic rings. The van der Waals surface area contributed by atoms with Crippen LogP contribution in [-0.2, 0) is 14.6 Å². The molecule has 0 heterocycles. The molecule has 6 heteroatoms. The molecule has 0 bridgehead atoms. The lowest BCUT2D eigenvalue weighted by molar-refractivity contribution is -0.136. The predicted octanol–water partition coefficient (Wildman–Crippen LogP) is 2.17. The van der Waals surface area contributed by atoms with Crippen LogP contribution in [0.15, 0.2) is 29.2 Å². The minimum Gasteiger partial charge on any atom is -0.481 e. The number of carboxylic acids is 1. The van der Waals surface area contributed by atoms with E-state index in [-0.39, 0.29) is 29.7 Å². The number of aliphatic carboxylic acids is 1. The number of para-hydroxylation sites is 1. The van der Waals surface area contributed by atoms with Crippen LogP contribution < -0.4 is 4.90 Å². The Morgan fingerprint density at radius 2 is 1.90 bits per heavy atom. The Kier molecular flexibility index (Phi) is 5.56. The summed E-state index contributed by atoms with van der Waals surface area (Å²) >= 11 is 0. The summed E-state index contributed by atoms with van der Waals surface area (Å²) in [6.07, 6.45) is -0.0291. The standard InChI is InChI=1S/C14H21NO4S/c1-4-20(18,19)13-8-6-5-7-12(13)15(11(2)3)10-9-14(16)17/h5-8,11H,4,9-10H2,1-3H3,(H,16,17). The third-order valence-corrected chi connectivity index (χ3v) is 4.86. The van der Waals surface area contributed by atoms with Crippen LogP contribution in [0.25, 0.3) is 0 Å². The van der Waals surface area contributed by atoms with Gasteiger partial charge in [-0.2, -0.15) is 0 Å². The largest absolute Gasteiger partial charge is 0.481 e. The maximum absolute atomic E-state index is 12.1. The van der Waals surface area contributed by atoms with Crippen LogP contribution >= 0.6 is 0 Å². The monoisotopic (exact) mass is 299 g/mol. The number of hydrogen-bond donors (Lipinski definition) is 1. The molecule has 112 valence electrons. The maximum Gasteiger partial charge on any atom is 0.305 e. The van der Waals surface area contributed by atoms with E-state index in [1.165, 1.54) is 0 Å². The van der Waals surface area contributed by atoms with Gasteiger partial charge in [-0.05, 0) is 26.0 Å². The van der Waals surface area contributed by atoms with Gasteiger partial charge in [0.15, 0.2) is 9.84 Å². The van der Waals surface area contributed by atoms with E-state index in [2.05, 4.69) is 0 Å². The fraction of sp³-hybridized carbons (Fsp3) is 0.500. The molecule has 5 nitrogen and oxygen atoms in total. The lowest BCUT2D eigenvalue weighted by atomic mass is 10.2. The van der Waals surface area contributed by atoms with Crippen LogP contribution in [0.3, 0.4) is 0 Å². The minimum absolute atomic E-state index is 0.0163. The molecule has 0 spiro atoms. The molecule has 0 atom stereocenters. The highest BCUT2D eigenvalue weighted by Gasteiger charge is 2.22. The van der Waals surface area contributed by atoms with Gasteiger partial charge in [-0.3, -0.25) is 4.79 Å². The van der Waals surface area contributed by atoms with Gasteiger partial charge in [-0.1, -0.05) is 19.1 Å². The molecule has 0 radical (unpaired) electrons. The number of nitrogens with zero attached hydrogens (tertiary/aromatic N) is 1. The zero-order chi connectivity index (χ0) is 15.3. The molecule has 1 rings (SSSR count). The number of sulfone groups is 1. The Morgan fingerprint density at radius 1 is 1.30 bits per heavy atom. The number of benzene rings is 1. The number of carbonyl (C=O) groups is 1. The summed E-state index contributed by atoms with van der Waals surface area (Å²) in [5.41, 5.74) is 0.575. The van der Waals surface area contributed by atoms with E-state index >= 15 is 0 Å². The van der Waals surface area contributed by atoms with Crippen LogP contribution in [0.1, 0.15) is 27.2 Å². The Morgan fingerprint density at radius 3 is 2.40 bits per heavy atom. The van der Waals surface area contributed by atoms with Gasteiger partial charge in [0, 0.05) is 12.6 Å². The molecule has 1 aromatic carbocycles. The van der Waals surface area contributed by atoms with E-state index < -0.39 is 15.8 Å². The first-order valence-corrected chi connectivity index (χ1v) is 8.25. The summed E-state index contributed by atoms with van der Waals surface area (Å²) in [6, 6.07) is 6.76. The quantitative estimate of drug-likeness (QED) is 0.835. The summed E-state index contributed by atoms with van der Waals surface area (Å²) in [5.74, 6) is -0.874. The number of hydrogen-bond acceptors (Lipinski definition) is 4. The van der Waals surface area contributed by atoms with E-state index in [4.69, 9.17) is 5.11 Å². The highest BCUT2D eigenvalue weighted by Crippen LogP contribution is 2.27. The van der Waals surface area contributed by atoms with E-state index in [0.29, 0.717) is 5.69 Å². The van der Waals surface area contributed by atoms with E-state index in [1.807, 2.05) is 18.7 Å². The fourth-order valence-electron chi connectivity index (χ4n) is 1.99. The first kappa shape index (κ1) is 16.5. The SMILES string of the molecule is CCS(=O)(=O)c1ccccc1N(CCC(=O)O)C(C)C. The smallest absolute Gasteiger partial charge is 0.305 e. The van der Waals surface area contributed by atoms with Crippen molar-refractivity contribution in [1.82, 2.24) is 0 Å². The Balaban J connectivity index is 3.24. The second kappa shape index (κ2) is 6.74. The molecular weight excluding hydrogens is 278 g/mol. The predicted molar refractivity (Wildman–Crippen MR) is 78.9 cm³/mol. The molecule has 1 N–H and O–H groups in total. The molecule has 20 heavy (non-hydrogen) atoms. The lowest BCUT2D eigenvalue weighted by Crippen LogP contribution is -2.34. The third kappa shape index (κ3) is 3.96. The summed E-state index contributed by atoms with van der Waals surface area (Å²) in [4.78, 5) is 12.8.